The number of alkyl halides is 3. The number of phenolic OH excluding ortho intramolecular Hbond substituents is 1. The molecule has 2 aliphatic heterocycles. The highest BCUT2D eigenvalue weighted by atomic mass is 35.5. The van der Waals surface area contributed by atoms with Crippen molar-refractivity contribution in [3.8, 4) is 5.75 Å². The van der Waals surface area contributed by atoms with Crippen molar-refractivity contribution >= 4 is 86.2 Å². The van der Waals surface area contributed by atoms with E-state index in [0.29, 0.717) is 61.8 Å². The zero-order chi connectivity index (χ0) is 47.1. The number of hydrogen-bond acceptors (Lipinski definition) is 10. The molecule has 10 rings (SSSR count). The number of pyridine rings is 1. The minimum Gasteiger partial charge on any atom is -0.507 e. The second kappa shape index (κ2) is 16.3. The minimum atomic E-state index is -4.77. The third-order valence-electron chi connectivity index (χ3n) is 13.6. The fraction of sp³-hybridized carbons (Fsp3) is 0.220. The summed E-state index contributed by atoms with van der Waals surface area (Å²) in [4.78, 5) is 67.3. The number of halogens is 5. The average Bonchev–Trinajstić information content (AvgIpc) is 3.69. The van der Waals surface area contributed by atoms with Gasteiger partial charge in [0.2, 0.25) is 11.8 Å². The first-order chi connectivity index (χ1) is 32.1. The van der Waals surface area contributed by atoms with Crippen LogP contribution in [0.4, 0.5) is 41.7 Å². The van der Waals surface area contributed by atoms with Gasteiger partial charge in [-0.2, -0.15) is 28.4 Å². The van der Waals surface area contributed by atoms with Gasteiger partial charge in [-0.3, -0.25) is 29.5 Å². The summed E-state index contributed by atoms with van der Waals surface area (Å²) in [6, 6.07) is 31.5. The van der Waals surface area contributed by atoms with Gasteiger partial charge in [-0.25, -0.2) is 4.98 Å². The van der Waals surface area contributed by atoms with E-state index in [2.05, 4.69) is 20.6 Å². The molecule has 3 heterocycles. The van der Waals surface area contributed by atoms with Crippen LogP contribution in [0.5, 0.6) is 5.75 Å². The molecule has 2 N–H and O–H groups in total. The SMILES string of the molecule is CN(C)c1ccc(N=Nc2ccc(N3C(=O)[C@H]4[C@H](CC=C5[C@H]4C[C@H]4C(=O)N(Nc6ncc(C(F)(F)F)cc6Cl)C(=O)[C@@]4(c4ccc(Cl)cc4)[C@H]5c4ccc(O)c5ccccc45)C3=O)cc2)cc1. The number of allylic oxidation sites excluding steroid dienone is 2. The first-order valence-corrected chi connectivity index (χ1v) is 22.0. The first kappa shape index (κ1) is 43.8. The van der Waals surface area contributed by atoms with Crippen molar-refractivity contribution in [2.45, 2.75) is 30.4 Å². The summed E-state index contributed by atoms with van der Waals surface area (Å²) in [6.45, 7) is 0. The molecule has 12 nitrogen and oxygen atoms in total. The van der Waals surface area contributed by atoms with Crippen LogP contribution in [0, 0.1) is 23.7 Å². The van der Waals surface area contributed by atoms with E-state index in [1.54, 1.807) is 78.9 Å². The van der Waals surface area contributed by atoms with Crippen LogP contribution in [0.3, 0.4) is 0 Å². The van der Waals surface area contributed by atoms with Crippen molar-refractivity contribution < 1.29 is 37.5 Å². The summed E-state index contributed by atoms with van der Waals surface area (Å²) >= 11 is 12.8. The highest BCUT2D eigenvalue weighted by Crippen LogP contribution is 2.65. The van der Waals surface area contributed by atoms with Crippen LogP contribution >= 0.6 is 23.2 Å². The van der Waals surface area contributed by atoms with Gasteiger partial charge in [0.15, 0.2) is 5.82 Å². The van der Waals surface area contributed by atoms with Crippen LogP contribution in [0.2, 0.25) is 10.0 Å². The second-order valence-electron chi connectivity index (χ2n) is 17.3. The minimum absolute atomic E-state index is 0.0278. The predicted molar refractivity (Wildman–Crippen MR) is 246 cm³/mol. The summed E-state index contributed by atoms with van der Waals surface area (Å²) < 4.78 is 40.9. The maximum atomic E-state index is 15.7. The van der Waals surface area contributed by atoms with Crippen LogP contribution in [0.1, 0.15) is 35.4 Å². The largest absolute Gasteiger partial charge is 0.507 e. The lowest BCUT2D eigenvalue weighted by Crippen LogP contribution is -2.53. The maximum Gasteiger partial charge on any atom is 0.417 e. The smallest absolute Gasteiger partial charge is 0.417 e. The topological polar surface area (TPSA) is 148 Å². The lowest BCUT2D eigenvalue weighted by atomic mass is 9.49. The number of hydrazine groups is 1. The summed E-state index contributed by atoms with van der Waals surface area (Å²) in [5, 5.41) is 21.4. The third-order valence-corrected chi connectivity index (χ3v) is 14.1. The molecule has 0 bridgehead atoms. The Labute approximate surface area is 391 Å². The van der Waals surface area contributed by atoms with Gasteiger partial charge >= 0.3 is 6.18 Å². The summed E-state index contributed by atoms with van der Waals surface area (Å²) in [6.07, 6.45) is -2.25. The van der Waals surface area contributed by atoms with E-state index in [-0.39, 0.29) is 24.4 Å². The van der Waals surface area contributed by atoms with Crippen LogP contribution < -0.4 is 15.2 Å². The van der Waals surface area contributed by atoms with Crippen LogP contribution in [-0.2, 0) is 30.8 Å². The Kier molecular flexibility index (Phi) is 10.7. The number of amides is 4. The number of benzene rings is 5. The molecule has 17 heteroatoms. The standard InChI is InChI=1S/C50H38Cl2F3N7O5/c1-60(2)31-15-11-29(12-16-31)57-58-30-13-17-32(18-14-30)61-45(64)37-20-19-36-38(42(37)47(61)66)24-39-46(65)62(59-44-40(52)23-27(25-56-44)50(53,54)55)48(67)49(39,26-7-9-28(51)10-8-26)43(36)35-21-22-41(63)34-6-4-3-5-33(34)35/h3-19,21-23,25,37-39,42-43,63H,20,24H2,1-2H3,(H,56,59)/t37-,38+,39-,42-,43-,49+/m0/s1. The quantitative estimate of drug-likeness (QED) is 0.0871. The van der Waals surface area contributed by atoms with Gasteiger partial charge in [0.05, 0.1) is 50.8 Å². The number of nitrogens with one attached hydrogen (secondary N) is 1. The second-order valence-corrected chi connectivity index (χ2v) is 18.1. The molecule has 67 heavy (non-hydrogen) atoms. The van der Waals surface area contributed by atoms with E-state index in [0.717, 1.165) is 10.7 Å². The van der Waals surface area contributed by atoms with Crippen LogP contribution in [0.25, 0.3) is 10.8 Å². The fourth-order valence-electron chi connectivity index (χ4n) is 10.5. The summed E-state index contributed by atoms with van der Waals surface area (Å²) in [5.74, 6) is -7.51. The number of imide groups is 2. The van der Waals surface area contributed by atoms with E-state index in [9.17, 15) is 27.9 Å². The molecule has 6 atom stereocenters. The molecule has 0 unspecified atom stereocenters. The molecule has 1 aromatic heterocycles. The van der Waals surface area contributed by atoms with E-state index in [4.69, 9.17) is 23.2 Å². The number of aromatic nitrogens is 1. The molecular weight excluding hydrogens is 906 g/mol. The van der Waals surface area contributed by atoms with Crippen molar-refractivity contribution in [2.75, 3.05) is 29.3 Å². The monoisotopic (exact) mass is 943 g/mol. The first-order valence-electron chi connectivity index (χ1n) is 21.3. The van der Waals surface area contributed by atoms with Crippen LogP contribution in [-0.4, -0.2) is 52.8 Å². The Morgan fingerprint density at radius 1 is 0.806 bits per heavy atom. The van der Waals surface area contributed by atoms with Gasteiger partial charge in [0.1, 0.15) is 5.75 Å². The molecular formula is C50H38Cl2F3N7O5. The van der Waals surface area contributed by atoms with Gasteiger partial charge in [-0.1, -0.05) is 77.3 Å². The van der Waals surface area contributed by atoms with E-state index in [1.807, 2.05) is 49.3 Å². The number of phenols is 1. The Bertz CT molecular complexity index is 3090. The van der Waals surface area contributed by atoms with Crippen molar-refractivity contribution in [1.82, 2.24) is 9.99 Å². The molecule has 1 saturated carbocycles. The predicted octanol–water partition coefficient (Wildman–Crippen LogP) is 10.9. The lowest BCUT2D eigenvalue weighted by molar-refractivity contribution is -0.139. The summed E-state index contributed by atoms with van der Waals surface area (Å²) in [5.41, 5.74) is 3.83. The van der Waals surface area contributed by atoms with Gasteiger partial charge in [0, 0.05) is 42.3 Å². The summed E-state index contributed by atoms with van der Waals surface area (Å²) in [7, 11) is 3.88. The Morgan fingerprint density at radius 3 is 2.10 bits per heavy atom. The molecule has 2 saturated heterocycles. The highest BCUT2D eigenvalue weighted by Gasteiger charge is 2.70. The van der Waals surface area contributed by atoms with Gasteiger partial charge in [-0.15, -0.1) is 0 Å². The Morgan fingerprint density at radius 2 is 1.46 bits per heavy atom. The van der Waals surface area contributed by atoms with Crippen molar-refractivity contribution in [3.63, 3.8) is 0 Å². The molecule has 6 aromatic rings. The Hall–Kier alpha value is -7.10. The molecule has 3 fully saturated rings. The molecule has 4 aliphatic rings. The fourth-order valence-corrected chi connectivity index (χ4v) is 10.9. The van der Waals surface area contributed by atoms with E-state index in [1.165, 1.54) is 11.0 Å². The van der Waals surface area contributed by atoms with Gasteiger partial charge < -0.3 is 10.0 Å². The Balaban J connectivity index is 1.07. The number of anilines is 3. The molecule has 338 valence electrons. The van der Waals surface area contributed by atoms with Crippen molar-refractivity contribution in [2.24, 2.45) is 33.9 Å². The van der Waals surface area contributed by atoms with Crippen molar-refractivity contribution in [3.05, 3.63) is 160 Å². The third kappa shape index (κ3) is 7.10. The van der Waals surface area contributed by atoms with Gasteiger partial charge in [-0.05, 0) is 108 Å². The average molecular weight is 945 g/mol. The van der Waals surface area contributed by atoms with E-state index >= 15 is 9.59 Å². The number of fused-ring (bicyclic) bond motifs is 5. The molecule has 5 aromatic carbocycles. The van der Waals surface area contributed by atoms with Crippen molar-refractivity contribution in [1.29, 1.82) is 0 Å². The zero-order valence-electron chi connectivity index (χ0n) is 35.6. The van der Waals surface area contributed by atoms with E-state index < -0.39 is 75.4 Å². The number of rotatable bonds is 8. The van der Waals surface area contributed by atoms with Crippen LogP contribution in [0.15, 0.2) is 143 Å². The number of nitrogens with zero attached hydrogens (tertiary/aromatic N) is 6. The number of aromatic hydroxyl groups is 1. The number of azo groups is 1. The number of hydrogen-bond donors (Lipinski definition) is 2. The molecule has 4 amide bonds. The highest BCUT2D eigenvalue weighted by molar-refractivity contribution is 6.33. The normalized spacial score (nSPS) is 23.7. The number of carbonyl (C=O) groups excluding carboxylic acids is 4. The zero-order valence-corrected chi connectivity index (χ0v) is 37.1. The molecule has 2 aliphatic carbocycles. The molecule has 0 radical (unpaired) electrons. The molecule has 0 spiro atoms. The maximum absolute atomic E-state index is 15.7. The van der Waals surface area contributed by atoms with Gasteiger partial charge in [0.25, 0.3) is 11.8 Å². The number of carbonyl (C=O) groups is 4. The lowest BCUT2D eigenvalue weighted by Gasteiger charge is -2.51.